The molecule has 0 bridgehead atoms. The van der Waals surface area contributed by atoms with Crippen LogP contribution < -0.4 is 9.80 Å². The number of hydrogen-bond donors (Lipinski definition) is 0. The Morgan fingerprint density at radius 3 is 1.42 bits per heavy atom. The lowest BCUT2D eigenvalue weighted by atomic mass is 9.86. The molecular formula is C29H26N4O5. The Kier molecular flexibility index (Phi) is 5.93. The van der Waals surface area contributed by atoms with Gasteiger partial charge in [-0.05, 0) is 51.0 Å². The largest absolute Gasteiger partial charge is 0.511 e. The lowest BCUT2D eigenvalue weighted by Gasteiger charge is -2.31. The molecule has 2 aliphatic rings. The number of carbonyl (C=O) groups excluding carboxylic acids is 3. The SMILES string of the molecule is C=C(C#N)C1(OC(=O)OC2(C(=C)C#N)C(=O)N(C)c3c(C)cc(C)cc32)C(=O)N(C)c2c(C)cc(C)cc21. The molecule has 9 nitrogen and oxygen atoms in total. The number of nitriles is 2. The van der Waals surface area contributed by atoms with Crippen LogP contribution in [-0.4, -0.2) is 32.1 Å². The number of amides is 2. The molecule has 2 aromatic rings. The lowest BCUT2D eigenvalue weighted by Crippen LogP contribution is -2.47. The van der Waals surface area contributed by atoms with E-state index in [9.17, 15) is 24.9 Å². The molecule has 2 atom stereocenters. The van der Waals surface area contributed by atoms with Crippen LogP contribution in [0.3, 0.4) is 0 Å². The van der Waals surface area contributed by atoms with E-state index >= 15 is 0 Å². The number of benzene rings is 2. The molecule has 2 aliphatic heterocycles. The molecule has 0 N–H and O–H groups in total. The summed E-state index contributed by atoms with van der Waals surface area (Å²) < 4.78 is 11.4. The average molecular weight is 511 g/mol. The quantitative estimate of drug-likeness (QED) is 0.444. The zero-order valence-electron chi connectivity index (χ0n) is 22.1. The third kappa shape index (κ3) is 3.25. The molecule has 192 valence electrons. The van der Waals surface area contributed by atoms with Gasteiger partial charge in [0.25, 0.3) is 23.0 Å². The highest BCUT2D eigenvalue weighted by Gasteiger charge is 2.60. The molecule has 0 fully saturated rings. The number of anilines is 2. The second-order valence-electron chi connectivity index (χ2n) is 9.68. The van der Waals surface area contributed by atoms with E-state index in [1.165, 1.54) is 23.9 Å². The van der Waals surface area contributed by atoms with Crippen LogP contribution in [0, 0.1) is 50.4 Å². The van der Waals surface area contributed by atoms with E-state index in [1.54, 1.807) is 39.8 Å². The Bertz CT molecular complexity index is 1460. The first kappa shape index (κ1) is 26.2. The summed E-state index contributed by atoms with van der Waals surface area (Å²) in [5, 5.41) is 19.6. The fraction of sp³-hybridized carbons (Fsp3) is 0.276. The van der Waals surface area contributed by atoms with Crippen molar-refractivity contribution in [3.05, 3.63) is 82.0 Å². The summed E-state index contributed by atoms with van der Waals surface area (Å²) in [6.07, 6.45) is -1.44. The van der Waals surface area contributed by atoms with Crippen molar-refractivity contribution in [1.82, 2.24) is 0 Å². The zero-order chi connectivity index (χ0) is 28.3. The number of ether oxygens (including phenoxy) is 2. The van der Waals surface area contributed by atoms with Gasteiger partial charge < -0.3 is 19.3 Å². The lowest BCUT2D eigenvalue weighted by molar-refractivity contribution is -0.142. The smallest absolute Gasteiger partial charge is 0.407 e. The number of fused-ring (bicyclic) bond motifs is 2. The van der Waals surface area contributed by atoms with Crippen LogP contribution in [0.2, 0.25) is 0 Å². The summed E-state index contributed by atoms with van der Waals surface area (Å²) >= 11 is 0. The number of rotatable bonds is 4. The van der Waals surface area contributed by atoms with Crippen molar-refractivity contribution in [2.75, 3.05) is 23.9 Å². The van der Waals surface area contributed by atoms with E-state index in [4.69, 9.17) is 9.47 Å². The molecule has 2 aromatic carbocycles. The van der Waals surface area contributed by atoms with Gasteiger partial charge in [0, 0.05) is 25.2 Å². The number of carbonyl (C=O) groups is 3. The summed E-state index contributed by atoms with van der Waals surface area (Å²) in [6, 6.07) is 10.7. The number of nitrogens with zero attached hydrogens (tertiary/aromatic N) is 4. The Labute approximate surface area is 220 Å². The van der Waals surface area contributed by atoms with Gasteiger partial charge in [0.15, 0.2) is 0 Å². The highest BCUT2D eigenvalue weighted by atomic mass is 16.7. The second kappa shape index (κ2) is 8.60. The first-order valence-electron chi connectivity index (χ1n) is 11.7. The Morgan fingerprint density at radius 1 is 0.763 bits per heavy atom. The highest BCUT2D eigenvalue weighted by molar-refractivity contribution is 6.12. The number of aryl methyl sites for hydroxylation is 4. The van der Waals surface area contributed by atoms with Crippen LogP contribution in [0.1, 0.15) is 33.4 Å². The van der Waals surface area contributed by atoms with Gasteiger partial charge in [-0.1, -0.05) is 36.4 Å². The summed E-state index contributed by atoms with van der Waals surface area (Å²) in [5.74, 6) is -1.44. The molecule has 4 rings (SSSR count). The minimum atomic E-state index is -2.22. The summed E-state index contributed by atoms with van der Waals surface area (Å²) in [4.78, 5) is 43.4. The van der Waals surface area contributed by atoms with E-state index in [1.807, 2.05) is 24.3 Å². The molecule has 0 saturated carbocycles. The molecular weight excluding hydrogens is 484 g/mol. The van der Waals surface area contributed by atoms with Crippen LogP contribution in [0.5, 0.6) is 0 Å². The van der Waals surface area contributed by atoms with E-state index < -0.39 is 29.2 Å². The van der Waals surface area contributed by atoms with Crippen LogP contribution in [-0.2, 0) is 30.3 Å². The van der Waals surface area contributed by atoms with Gasteiger partial charge in [-0.2, -0.15) is 10.5 Å². The normalized spacial score (nSPS) is 21.4. The van der Waals surface area contributed by atoms with E-state index in [0.29, 0.717) is 11.4 Å². The highest BCUT2D eigenvalue weighted by Crippen LogP contribution is 2.51. The van der Waals surface area contributed by atoms with Crippen molar-refractivity contribution in [3.8, 4) is 12.1 Å². The Morgan fingerprint density at radius 2 is 1.11 bits per heavy atom. The third-order valence-electron chi connectivity index (χ3n) is 7.12. The van der Waals surface area contributed by atoms with Gasteiger partial charge >= 0.3 is 6.16 Å². The Balaban J connectivity index is 1.89. The number of hydrogen-bond acceptors (Lipinski definition) is 7. The van der Waals surface area contributed by atoms with Gasteiger partial charge in [0.05, 0.1) is 34.7 Å². The standard InChI is InChI=1S/C29H26N4O5/c1-15-9-17(3)23-21(11-15)28(19(5)13-30,25(34)32(23)7)37-27(36)38-29(20(6)14-31)22-12-16(2)10-18(4)24(22)33(8)26(29)35/h9-12H,5-6H2,1-4,7-8H3. The first-order valence-corrected chi connectivity index (χ1v) is 11.7. The maximum atomic E-state index is 13.6. The summed E-state index contributed by atoms with van der Waals surface area (Å²) in [7, 11) is 3.00. The van der Waals surface area contributed by atoms with Crippen molar-refractivity contribution in [3.63, 3.8) is 0 Å². The van der Waals surface area contributed by atoms with E-state index in [-0.39, 0.29) is 22.3 Å². The van der Waals surface area contributed by atoms with Crippen LogP contribution in [0.15, 0.2) is 48.6 Å². The number of likely N-dealkylation sites (N-methyl/N-ethyl adjacent to an activating group) is 2. The van der Waals surface area contributed by atoms with Crippen molar-refractivity contribution < 1.29 is 23.9 Å². The molecule has 0 saturated heterocycles. The molecule has 9 heteroatoms. The first-order chi connectivity index (χ1) is 17.8. The summed E-state index contributed by atoms with van der Waals surface area (Å²) in [6.45, 7) is 14.6. The third-order valence-corrected chi connectivity index (χ3v) is 7.12. The fourth-order valence-corrected chi connectivity index (χ4v) is 5.58. The van der Waals surface area contributed by atoms with Gasteiger partial charge in [-0.3, -0.25) is 9.59 Å². The van der Waals surface area contributed by atoms with Crippen molar-refractivity contribution in [1.29, 1.82) is 10.5 Å². The van der Waals surface area contributed by atoms with Crippen molar-refractivity contribution >= 4 is 29.3 Å². The maximum Gasteiger partial charge on any atom is 0.511 e. The second-order valence-corrected chi connectivity index (χ2v) is 9.68. The van der Waals surface area contributed by atoms with Gasteiger partial charge in [-0.25, -0.2) is 4.79 Å². The molecule has 0 radical (unpaired) electrons. The molecule has 38 heavy (non-hydrogen) atoms. The molecule has 2 heterocycles. The van der Waals surface area contributed by atoms with Gasteiger partial charge in [-0.15, -0.1) is 0 Å². The van der Waals surface area contributed by atoms with Gasteiger partial charge in [0.1, 0.15) is 0 Å². The van der Waals surface area contributed by atoms with Crippen LogP contribution in [0.4, 0.5) is 16.2 Å². The molecule has 0 spiro atoms. The molecule has 2 amide bonds. The fourth-order valence-electron chi connectivity index (χ4n) is 5.58. The van der Waals surface area contributed by atoms with Crippen molar-refractivity contribution in [2.24, 2.45) is 0 Å². The monoisotopic (exact) mass is 510 g/mol. The molecule has 0 aromatic heterocycles. The van der Waals surface area contributed by atoms with Gasteiger partial charge in [0.2, 0.25) is 0 Å². The van der Waals surface area contributed by atoms with E-state index in [0.717, 1.165) is 22.3 Å². The topological polar surface area (TPSA) is 124 Å². The minimum absolute atomic E-state index is 0.251. The van der Waals surface area contributed by atoms with Crippen molar-refractivity contribution in [2.45, 2.75) is 38.9 Å². The minimum Gasteiger partial charge on any atom is -0.407 e. The molecule has 2 unspecified atom stereocenters. The predicted octanol–water partition coefficient (Wildman–Crippen LogP) is 4.28. The zero-order valence-corrected chi connectivity index (χ0v) is 22.1. The maximum absolute atomic E-state index is 13.6. The predicted molar refractivity (Wildman–Crippen MR) is 139 cm³/mol. The average Bonchev–Trinajstić information content (AvgIpc) is 3.19. The van der Waals surface area contributed by atoms with Crippen LogP contribution >= 0.6 is 0 Å². The molecule has 0 aliphatic carbocycles. The summed E-state index contributed by atoms with van der Waals surface area (Å²) in [5.41, 5.74) is -0.719. The van der Waals surface area contributed by atoms with Crippen LogP contribution in [0.25, 0.3) is 0 Å². The van der Waals surface area contributed by atoms with E-state index in [2.05, 4.69) is 13.2 Å². The Hall–Kier alpha value is -4.89.